The smallest absolute Gasteiger partial charge is 0.312 e. The Hall–Kier alpha value is -1.06. The van der Waals surface area contributed by atoms with E-state index < -0.39 is 0 Å². The maximum absolute atomic E-state index is 11.5. The largest absolute Gasteiger partial charge is 0.324 e. The number of amides is 3. The molecule has 2 rings (SSSR count). The monoisotopic (exact) mass is 210 g/mol. The van der Waals surface area contributed by atoms with Gasteiger partial charge in [-0.05, 0) is 24.7 Å². The van der Waals surface area contributed by atoms with E-state index in [1.165, 1.54) is 0 Å². The average Bonchev–Trinajstić information content (AvgIpc) is 2.53. The second-order valence-corrected chi connectivity index (χ2v) is 4.69. The van der Waals surface area contributed by atoms with Gasteiger partial charge in [-0.15, -0.1) is 0 Å². The first-order chi connectivity index (χ1) is 7.13. The molecule has 3 amide bonds. The minimum atomic E-state index is -0.196. The zero-order valence-electron chi connectivity index (χ0n) is 9.32. The topological polar surface area (TPSA) is 49.4 Å². The van der Waals surface area contributed by atoms with Crippen molar-refractivity contribution in [3.05, 3.63) is 0 Å². The van der Waals surface area contributed by atoms with Crippen LogP contribution in [0.3, 0.4) is 0 Å². The van der Waals surface area contributed by atoms with Gasteiger partial charge in [-0.2, -0.15) is 0 Å². The zero-order valence-corrected chi connectivity index (χ0v) is 9.32. The first-order valence-corrected chi connectivity index (χ1v) is 5.75. The molecular formula is C11H18N2O2. The summed E-state index contributed by atoms with van der Waals surface area (Å²) in [5.41, 5.74) is 0. The van der Waals surface area contributed by atoms with E-state index in [-0.39, 0.29) is 18.0 Å². The van der Waals surface area contributed by atoms with Crippen LogP contribution < -0.4 is 5.32 Å². The van der Waals surface area contributed by atoms with Crippen LogP contribution in [-0.2, 0) is 4.79 Å². The highest BCUT2D eigenvalue weighted by molar-refractivity contribution is 6.04. The summed E-state index contributed by atoms with van der Waals surface area (Å²) in [6.45, 7) is 5.14. The van der Waals surface area contributed by atoms with Crippen molar-refractivity contribution in [1.29, 1.82) is 0 Å². The lowest BCUT2D eigenvalue weighted by Gasteiger charge is -2.35. The molecule has 4 nitrogen and oxygen atoms in total. The summed E-state index contributed by atoms with van der Waals surface area (Å²) in [7, 11) is 0. The van der Waals surface area contributed by atoms with Crippen molar-refractivity contribution < 1.29 is 9.59 Å². The van der Waals surface area contributed by atoms with Gasteiger partial charge in [0.05, 0.1) is 0 Å². The van der Waals surface area contributed by atoms with Crippen molar-refractivity contribution in [2.75, 3.05) is 6.54 Å². The number of nitrogens with one attached hydrogen (secondary N) is 1. The molecule has 0 radical (unpaired) electrons. The van der Waals surface area contributed by atoms with Gasteiger partial charge in [0.1, 0.15) is 6.04 Å². The molecule has 0 aliphatic carbocycles. The third-order valence-electron chi connectivity index (χ3n) is 3.86. The molecule has 2 aliphatic rings. The summed E-state index contributed by atoms with van der Waals surface area (Å²) >= 11 is 0. The van der Waals surface area contributed by atoms with Crippen molar-refractivity contribution in [3.8, 4) is 0 Å². The lowest BCUT2D eigenvalue weighted by molar-refractivity contribution is -0.122. The molecule has 84 valence electrons. The quantitative estimate of drug-likeness (QED) is 0.700. The van der Waals surface area contributed by atoms with Gasteiger partial charge in [0.15, 0.2) is 0 Å². The summed E-state index contributed by atoms with van der Waals surface area (Å²) in [5.74, 6) is 1.08. The van der Waals surface area contributed by atoms with E-state index in [9.17, 15) is 9.59 Å². The molecule has 3 atom stereocenters. The Balaban J connectivity index is 2.05. The molecule has 0 bridgehead atoms. The number of hydrogen-bond acceptors (Lipinski definition) is 2. The van der Waals surface area contributed by atoms with Crippen molar-refractivity contribution in [3.63, 3.8) is 0 Å². The van der Waals surface area contributed by atoms with Gasteiger partial charge in [0.25, 0.3) is 5.91 Å². The number of piperidine rings is 1. The van der Waals surface area contributed by atoms with E-state index in [0.717, 1.165) is 25.8 Å². The highest BCUT2D eigenvalue weighted by Crippen LogP contribution is 2.30. The summed E-state index contributed by atoms with van der Waals surface area (Å²) < 4.78 is 0. The van der Waals surface area contributed by atoms with Gasteiger partial charge >= 0.3 is 6.03 Å². The van der Waals surface area contributed by atoms with E-state index in [2.05, 4.69) is 19.2 Å². The predicted molar refractivity (Wildman–Crippen MR) is 56.2 cm³/mol. The maximum Gasteiger partial charge on any atom is 0.324 e. The van der Waals surface area contributed by atoms with E-state index in [1.54, 1.807) is 4.90 Å². The van der Waals surface area contributed by atoms with Crippen LogP contribution in [0.25, 0.3) is 0 Å². The number of carbonyl (C=O) groups is 2. The first kappa shape index (κ1) is 10.5. The highest BCUT2D eigenvalue weighted by Gasteiger charge is 2.42. The van der Waals surface area contributed by atoms with Crippen molar-refractivity contribution in [2.45, 2.75) is 39.2 Å². The molecule has 4 heteroatoms. The minimum absolute atomic E-state index is 0.109. The molecule has 0 saturated carbocycles. The van der Waals surface area contributed by atoms with Crippen LogP contribution in [-0.4, -0.2) is 29.4 Å². The molecule has 0 aromatic heterocycles. The molecule has 0 aromatic carbocycles. The Morgan fingerprint density at radius 2 is 2.20 bits per heavy atom. The van der Waals surface area contributed by atoms with Gasteiger partial charge in [-0.1, -0.05) is 20.3 Å². The predicted octanol–water partition coefficient (Wildman–Crippen LogP) is 1.36. The van der Waals surface area contributed by atoms with Crippen LogP contribution in [0.1, 0.15) is 33.1 Å². The number of nitrogens with zero attached hydrogens (tertiary/aromatic N) is 1. The summed E-state index contributed by atoms with van der Waals surface area (Å²) in [6.07, 6.45) is 3.03. The van der Waals surface area contributed by atoms with E-state index in [1.807, 2.05) is 0 Å². The van der Waals surface area contributed by atoms with Crippen LogP contribution >= 0.6 is 0 Å². The normalized spacial score (nSPS) is 32.5. The van der Waals surface area contributed by atoms with E-state index in [0.29, 0.717) is 11.8 Å². The third-order valence-corrected chi connectivity index (χ3v) is 3.86. The second kappa shape index (κ2) is 3.83. The molecule has 1 N–H and O–H groups in total. The molecule has 2 unspecified atom stereocenters. The number of urea groups is 1. The van der Waals surface area contributed by atoms with E-state index >= 15 is 0 Å². The minimum Gasteiger partial charge on any atom is -0.312 e. The Bertz CT molecular complexity index is 290. The second-order valence-electron chi connectivity index (χ2n) is 4.69. The maximum atomic E-state index is 11.5. The van der Waals surface area contributed by atoms with Gasteiger partial charge in [-0.3, -0.25) is 10.1 Å². The van der Waals surface area contributed by atoms with Gasteiger partial charge in [0.2, 0.25) is 0 Å². The molecule has 15 heavy (non-hydrogen) atoms. The van der Waals surface area contributed by atoms with Gasteiger partial charge in [-0.25, -0.2) is 4.79 Å². The van der Waals surface area contributed by atoms with E-state index in [4.69, 9.17) is 0 Å². The van der Waals surface area contributed by atoms with Crippen LogP contribution in [0.5, 0.6) is 0 Å². The van der Waals surface area contributed by atoms with Crippen LogP contribution in [0.4, 0.5) is 4.79 Å². The van der Waals surface area contributed by atoms with Crippen LogP contribution in [0.15, 0.2) is 0 Å². The summed E-state index contributed by atoms with van der Waals surface area (Å²) in [4.78, 5) is 24.6. The zero-order chi connectivity index (χ0) is 11.0. The molecule has 2 heterocycles. The van der Waals surface area contributed by atoms with Crippen LogP contribution in [0, 0.1) is 11.8 Å². The summed E-state index contributed by atoms with van der Waals surface area (Å²) in [6, 6.07) is -0.379. The molecule has 2 aliphatic heterocycles. The summed E-state index contributed by atoms with van der Waals surface area (Å²) in [5, 5.41) is 2.38. The molecule has 2 saturated heterocycles. The standard InChI is InChI=1S/C11H18N2O2/c1-3-7(2)8-4-5-9-10(14)12-11(15)13(9)6-8/h7-9H,3-6H2,1-2H3,(H,12,14,15)/t7?,8-,9?/m0/s1. The van der Waals surface area contributed by atoms with Gasteiger partial charge < -0.3 is 4.90 Å². The Morgan fingerprint density at radius 3 is 2.87 bits per heavy atom. The average molecular weight is 210 g/mol. The molecule has 0 spiro atoms. The number of hydrogen-bond donors (Lipinski definition) is 1. The molecule has 0 aromatic rings. The van der Waals surface area contributed by atoms with Crippen molar-refractivity contribution in [1.82, 2.24) is 10.2 Å². The lowest BCUT2D eigenvalue weighted by atomic mass is 9.83. The van der Waals surface area contributed by atoms with Crippen LogP contribution in [0.2, 0.25) is 0 Å². The fourth-order valence-electron chi connectivity index (χ4n) is 2.55. The highest BCUT2D eigenvalue weighted by atomic mass is 16.2. The number of rotatable bonds is 2. The Kier molecular flexibility index (Phi) is 2.67. The number of fused-ring (bicyclic) bond motifs is 1. The lowest BCUT2D eigenvalue weighted by Crippen LogP contribution is -2.44. The first-order valence-electron chi connectivity index (χ1n) is 5.75. The Morgan fingerprint density at radius 1 is 1.47 bits per heavy atom. The SMILES string of the molecule is CCC(C)[C@H]1CCC2C(=O)NC(=O)N2C1. The van der Waals surface area contributed by atoms with Crippen molar-refractivity contribution in [2.24, 2.45) is 11.8 Å². The molecule has 2 fully saturated rings. The Labute approximate surface area is 90.0 Å². The number of carbonyl (C=O) groups excluding carboxylic acids is 2. The third kappa shape index (κ3) is 1.73. The number of imide groups is 1. The van der Waals surface area contributed by atoms with Gasteiger partial charge in [0, 0.05) is 6.54 Å². The fourth-order valence-corrected chi connectivity index (χ4v) is 2.55. The van der Waals surface area contributed by atoms with Crippen molar-refractivity contribution >= 4 is 11.9 Å². The fraction of sp³-hybridized carbons (Fsp3) is 0.818. The molecular weight excluding hydrogens is 192 g/mol.